The molecule has 1 aliphatic carbocycles. The molecule has 10 heteroatoms. The zero-order valence-electron chi connectivity index (χ0n) is 22.0. The summed E-state index contributed by atoms with van der Waals surface area (Å²) in [6, 6.07) is 1.89. The average Bonchev–Trinajstić information content (AvgIpc) is 3.25. The molecule has 200 valence electrons. The van der Waals surface area contributed by atoms with Gasteiger partial charge in [-0.15, -0.1) is 0 Å². The van der Waals surface area contributed by atoms with E-state index in [9.17, 15) is 9.18 Å². The van der Waals surface area contributed by atoms with E-state index >= 15 is 0 Å². The number of fused-ring (bicyclic) bond motifs is 1. The molecule has 1 amide bonds. The van der Waals surface area contributed by atoms with Gasteiger partial charge in [0.2, 0.25) is 5.91 Å². The lowest BCUT2D eigenvalue weighted by Gasteiger charge is -2.14. The molecule has 3 aromatic rings. The van der Waals surface area contributed by atoms with Crippen LogP contribution in [0.15, 0.2) is 77.8 Å². The first-order valence-corrected chi connectivity index (χ1v) is 13.0. The van der Waals surface area contributed by atoms with Gasteiger partial charge in [-0.1, -0.05) is 19.1 Å². The summed E-state index contributed by atoms with van der Waals surface area (Å²) in [7, 11) is 1.83. The van der Waals surface area contributed by atoms with Crippen LogP contribution in [0, 0.1) is 0 Å². The smallest absolute Gasteiger partial charge is 0.224 e. The molecule has 0 aromatic carbocycles. The summed E-state index contributed by atoms with van der Waals surface area (Å²) >= 11 is 0. The molecule has 4 heterocycles. The summed E-state index contributed by atoms with van der Waals surface area (Å²) in [5, 5.41) is 9.41. The summed E-state index contributed by atoms with van der Waals surface area (Å²) in [6.07, 6.45) is 16.7. The van der Waals surface area contributed by atoms with Crippen molar-refractivity contribution in [2.75, 3.05) is 32.0 Å². The summed E-state index contributed by atoms with van der Waals surface area (Å²) in [5.41, 5.74) is 6.45. The highest BCUT2D eigenvalue weighted by molar-refractivity contribution is 6.13. The third-order valence-corrected chi connectivity index (χ3v) is 6.57. The van der Waals surface area contributed by atoms with Gasteiger partial charge in [-0.05, 0) is 29.4 Å². The molecule has 3 aromatic heterocycles. The number of nitrogens with zero attached hydrogens (tertiary/aromatic N) is 4. The molecule has 2 aliphatic rings. The lowest BCUT2D eigenvalue weighted by atomic mass is 9.92. The lowest BCUT2D eigenvalue weighted by molar-refractivity contribution is -0.115. The first-order chi connectivity index (χ1) is 19.1. The Kier molecular flexibility index (Phi) is 8.02. The number of aromatic nitrogens is 4. The number of rotatable bonds is 7. The number of hydrogen-bond acceptors (Lipinski definition) is 7. The lowest BCUT2D eigenvalue weighted by Crippen LogP contribution is -2.20. The largest absolute Gasteiger partial charge is 0.393 e. The normalized spacial score (nSPS) is 19.0. The highest BCUT2D eigenvalue weighted by atomic mass is 19.1. The second-order valence-electron chi connectivity index (χ2n) is 9.35. The molecule has 0 saturated heterocycles. The van der Waals surface area contributed by atoms with Crippen molar-refractivity contribution < 1.29 is 9.18 Å². The number of allylic oxidation sites excluding steroid dienone is 6. The first-order valence-electron chi connectivity index (χ1n) is 13.0. The van der Waals surface area contributed by atoms with Crippen molar-refractivity contribution in [3.05, 3.63) is 89.7 Å². The number of carbonyl (C=O) groups excluding carboxylic acids is 1. The van der Waals surface area contributed by atoms with Gasteiger partial charge >= 0.3 is 0 Å². The number of carbonyl (C=O) groups is 1. The summed E-state index contributed by atoms with van der Waals surface area (Å²) < 4.78 is 14.0. The number of amides is 1. The van der Waals surface area contributed by atoms with E-state index in [4.69, 9.17) is 9.98 Å². The molecule has 1 aliphatic heterocycles. The fourth-order valence-electron chi connectivity index (χ4n) is 4.66. The van der Waals surface area contributed by atoms with Gasteiger partial charge in [-0.2, -0.15) is 0 Å². The number of aliphatic imine (C=N–C) groups is 1. The predicted octanol–water partition coefficient (Wildman–Crippen LogP) is 4.18. The summed E-state index contributed by atoms with van der Waals surface area (Å²) in [6.45, 7) is 3.73. The van der Waals surface area contributed by atoms with Crippen molar-refractivity contribution in [1.29, 1.82) is 0 Å². The fraction of sp³-hybridized carbons (Fsp3) is 0.276. The Labute approximate surface area is 226 Å². The number of nitrogens with one attached hydrogen (secondary N) is 4. The van der Waals surface area contributed by atoms with Gasteiger partial charge in [0.1, 0.15) is 11.5 Å². The van der Waals surface area contributed by atoms with Crippen molar-refractivity contribution in [3.63, 3.8) is 0 Å². The number of pyridine rings is 2. The van der Waals surface area contributed by atoms with Crippen LogP contribution in [0.3, 0.4) is 0 Å². The van der Waals surface area contributed by atoms with Crippen LogP contribution in [0.2, 0.25) is 0 Å². The third kappa shape index (κ3) is 6.01. The van der Waals surface area contributed by atoms with Gasteiger partial charge < -0.3 is 20.9 Å². The Balaban J connectivity index is 1.53. The Bertz CT molecular complexity index is 1530. The number of anilines is 1. The van der Waals surface area contributed by atoms with Gasteiger partial charge in [-0.25, -0.2) is 9.37 Å². The van der Waals surface area contributed by atoms with Crippen LogP contribution in [-0.4, -0.2) is 58.2 Å². The average molecular weight is 527 g/mol. The first kappa shape index (κ1) is 26.2. The molecular weight excluding hydrogens is 495 g/mol. The van der Waals surface area contributed by atoms with Crippen LogP contribution in [0.25, 0.3) is 16.6 Å². The van der Waals surface area contributed by atoms with E-state index in [1.807, 2.05) is 38.4 Å². The van der Waals surface area contributed by atoms with E-state index in [1.54, 1.807) is 30.9 Å². The topological polar surface area (TPSA) is 120 Å². The van der Waals surface area contributed by atoms with Gasteiger partial charge in [-0.3, -0.25) is 19.8 Å². The maximum Gasteiger partial charge on any atom is 0.224 e. The quantitative estimate of drug-likeness (QED) is 0.367. The molecule has 1 atom stereocenters. The molecular formula is C29H31FN8O. The molecule has 9 nitrogen and oxygen atoms in total. The third-order valence-electron chi connectivity index (χ3n) is 6.57. The number of halogens is 1. The Morgan fingerprint density at radius 2 is 2.10 bits per heavy atom. The molecule has 0 bridgehead atoms. The Morgan fingerprint density at radius 1 is 1.23 bits per heavy atom. The van der Waals surface area contributed by atoms with E-state index in [1.165, 1.54) is 6.08 Å². The molecule has 4 N–H and O–H groups in total. The molecule has 5 rings (SSSR count). The van der Waals surface area contributed by atoms with Crippen molar-refractivity contribution in [1.82, 2.24) is 30.6 Å². The highest BCUT2D eigenvalue weighted by Crippen LogP contribution is 2.32. The maximum absolute atomic E-state index is 14.0. The van der Waals surface area contributed by atoms with Crippen molar-refractivity contribution >= 4 is 33.9 Å². The van der Waals surface area contributed by atoms with Gasteiger partial charge in [0.05, 0.1) is 35.7 Å². The van der Waals surface area contributed by atoms with Crippen LogP contribution in [0.1, 0.15) is 42.6 Å². The van der Waals surface area contributed by atoms with E-state index in [0.717, 1.165) is 45.6 Å². The number of aromatic amines is 1. The minimum Gasteiger partial charge on any atom is -0.393 e. The fourth-order valence-corrected chi connectivity index (χ4v) is 4.66. The van der Waals surface area contributed by atoms with Crippen molar-refractivity contribution in [3.8, 4) is 0 Å². The van der Waals surface area contributed by atoms with E-state index < -0.39 is 0 Å². The molecule has 1 unspecified atom stereocenters. The van der Waals surface area contributed by atoms with Gasteiger partial charge in [0.25, 0.3) is 0 Å². The Hall–Kier alpha value is -4.44. The van der Waals surface area contributed by atoms with E-state index in [0.29, 0.717) is 37.4 Å². The molecule has 39 heavy (non-hydrogen) atoms. The Morgan fingerprint density at radius 3 is 2.92 bits per heavy atom. The second-order valence-corrected chi connectivity index (χ2v) is 9.35. The predicted molar refractivity (Wildman–Crippen MR) is 152 cm³/mol. The number of H-pyrrole nitrogens is 1. The standard InChI is InChI=1S/C29H31FN8O/c1-3-26(39)36-23-11-20(13-33-15-23)19(12-31-2)9-21-14-32-7-8-35-27(21)29-37-25-17-34-16-24(28(25)38-29)18-5-4-6-22(30)10-18/h4-6,9,11-13,15-18,31-32H,3,7-8,10,14H2,1-2H3,(H,36,39)(H,37,38)/b19-12+,21-9+. The van der Waals surface area contributed by atoms with Crippen LogP contribution >= 0.6 is 0 Å². The minimum atomic E-state index is -0.156. The van der Waals surface area contributed by atoms with Crippen LogP contribution < -0.4 is 16.0 Å². The van der Waals surface area contributed by atoms with E-state index in [-0.39, 0.29) is 17.7 Å². The van der Waals surface area contributed by atoms with Gasteiger partial charge in [0, 0.05) is 68.6 Å². The monoisotopic (exact) mass is 526 g/mol. The molecule has 0 spiro atoms. The zero-order chi connectivity index (χ0) is 27.2. The van der Waals surface area contributed by atoms with Gasteiger partial charge in [0.15, 0.2) is 5.82 Å². The summed E-state index contributed by atoms with van der Waals surface area (Å²) in [4.78, 5) is 33.8. The van der Waals surface area contributed by atoms with Crippen molar-refractivity contribution in [2.24, 2.45) is 4.99 Å². The summed E-state index contributed by atoms with van der Waals surface area (Å²) in [5.74, 6) is 0.274. The van der Waals surface area contributed by atoms with Crippen LogP contribution in [0.4, 0.5) is 10.1 Å². The number of hydrogen-bond donors (Lipinski definition) is 4. The van der Waals surface area contributed by atoms with Crippen LogP contribution in [0.5, 0.6) is 0 Å². The SMILES string of the molecule is CCC(=O)Nc1cncc(C(/C=C2\CNCCN=C2c2nc3c(C4C=CC=C(F)C4)cncc3[nH]2)=C/NC)c1. The maximum atomic E-state index is 14.0. The number of imidazole rings is 1. The van der Waals surface area contributed by atoms with Crippen LogP contribution in [-0.2, 0) is 4.79 Å². The second kappa shape index (κ2) is 12.0. The van der Waals surface area contributed by atoms with Crippen molar-refractivity contribution in [2.45, 2.75) is 25.7 Å². The zero-order valence-corrected chi connectivity index (χ0v) is 22.0. The molecule has 0 fully saturated rings. The highest BCUT2D eigenvalue weighted by Gasteiger charge is 2.22. The molecule has 0 saturated carbocycles. The molecule has 0 radical (unpaired) electrons. The minimum absolute atomic E-state index is 0.0740. The van der Waals surface area contributed by atoms with E-state index in [2.05, 4.69) is 30.9 Å².